The third kappa shape index (κ3) is 2.41. The maximum Gasteiger partial charge on any atom is 0.303 e. The van der Waals surface area contributed by atoms with Crippen molar-refractivity contribution in [3.05, 3.63) is 32.8 Å². The number of hydrogen-bond donors (Lipinski definition) is 0. The van der Waals surface area contributed by atoms with E-state index in [0.29, 0.717) is 22.4 Å². The molecule has 2 rings (SSSR count). The number of hydrogen-bond acceptors (Lipinski definition) is 4. The van der Waals surface area contributed by atoms with E-state index in [-0.39, 0.29) is 15.8 Å². The fraction of sp³-hybridized carbons (Fsp3) is 0.286. The molecule has 1 atom stereocenters. The lowest BCUT2D eigenvalue weighted by atomic mass is 10.1. The molecule has 106 valence electrons. The van der Waals surface area contributed by atoms with Crippen molar-refractivity contribution in [3.63, 3.8) is 0 Å². The summed E-state index contributed by atoms with van der Waals surface area (Å²) in [4.78, 5) is 23.3. The van der Waals surface area contributed by atoms with Crippen molar-refractivity contribution in [1.29, 1.82) is 0 Å². The van der Waals surface area contributed by atoms with Crippen molar-refractivity contribution in [2.24, 2.45) is 0 Å². The Hall–Kier alpha value is -1.52. The molecule has 0 spiro atoms. The second-order valence-electron chi connectivity index (χ2n) is 4.35. The van der Waals surface area contributed by atoms with E-state index in [0.717, 1.165) is 0 Å². The lowest BCUT2D eigenvalue weighted by Crippen LogP contribution is -2.18. The molecule has 0 amide bonds. The number of rotatable bonds is 3. The van der Waals surface area contributed by atoms with Crippen molar-refractivity contribution < 1.29 is 19.1 Å². The summed E-state index contributed by atoms with van der Waals surface area (Å²) in [5.41, 5.74) is 1.28. The van der Waals surface area contributed by atoms with Crippen LogP contribution >= 0.6 is 23.2 Å². The van der Waals surface area contributed by atoms with Crippen LogP contribution in [-0.2, 0) is 9.53 Å². The number of esters is 1. The molecule has 1 aliphatic rings. The van der Waals surface area contributed by atoms with Crippen LogP contribution in [0.4, 0.5) is 0 Å². The van der Waals surface area contributed by atoms with E-state index in [9.17, 15) is 9.59 Å². The van der Waals surface area contributed by atoms with Crippen LogP contribution < -0.4 is 4.74 Å². The molecule has 0 radical (unpaired) electrons. The Balaban J connectivity index is 2.47. The quantitative estimate of drug-likeness (QED) is 0.801. The first kappa shape index (κ1) is 14.9. The minimum Gasteiger partial charge on any atom is -0.495 e. The van der Waals surface area contributed by atoms with Gasteiger partial charge >= 0.3 is 5.97 Å². The largest absolute Gasteiger partial charge is 0.495 e. The van der Waals surface area contributed by atoms with Gasteiger partial charge in [0.2, 0.25) is 0 Å². The second-order valence-corrected chi connectivity index (χ2v) is 5.11. The molecule has 0 saturated heterocycles. The van der Waals surface area contributed by atoms with Crippen molar-refractivity contribution >= 4 is 41.0 Å². The Labute approximate surface area is 126 Å². The zero-order valence-corrected chi connectivity index (χ0v) is 12.6. The van der Waals surface area contributed by atoms with Crippen LogP contribution in [-0.4, -0.2) is 25.0 Å². The van der Waals surface area contributed by atoms with Gasteiger partial charge in [-0.3, -0.25) is 9.59 Å². The van der Waals surface area contributed by atoms with E-state index in [4.69, 9.17) is 32.7 Å². The van der Waals surface area contributed by atoms with Crippen LogP contribution in [0.25, 0.3) is 6.08 Å². The minimum absolute atomic E-state index is 0.146. The second kappa shape index (κ2) is 5.46. The molecule has 0 heterocycles. The number of Topliss-reactive ketones (excluding diaryl/α,β-unsaturated/α-hetero) is 1. The van der Waals surface area contributed by atoms with Gasteiger partial charge in [-0.15, -0.1) is 0 Å². The van der Waals surface area contributed by atoms with Gasteiger partial charge in [0.1, 0.15) is 16.9 Å². The van der Waals surface area contributed by atoms with E-state index in [1.54, 1.807) is 19.1 Å². The van der Waals surface area contributed by atoms with Gasteiger partial charge in [0.25, 0.3) is 0 Å². The fourth-order valence-corrected chi connectivity index (χ4v) is 2.62. The van der Waals surface area contributed by atoms with E-state index in [2.05, 4.69) is 0 Å². The number of benzene rings is 1. The third-order valence-electron chi connectivity index (χ3n) is 3.00. The summed E-state index contributed by atoms with van der Waals surface area (Å²) in [6.45, 7) is 2.92. The number of ether oxygens (including phenoxy) is 2. The molecule has 4 nitrogen and oxygen atoms in total. The molecular formula is C14H12Cl2O4. The lowest BCUT2D eigenvalue weighted by molar-refractivity contribution is -0.143. The van der Waals surface area contributed by atoms with Gasteiger partial charge in [-0.2, -0.15) is 0 Å². The molecule has 0 aromatic heterocycles. The molecule has 0 saturated carbocycles. The zero-order valence-electron chi connectivity index (χ0n) is 11.1. The molecule has 20 heavy (non-hydrogen) atoms. The van der Waals surface area contributed by atoms with Crippen LogP contribution in [0, 0.1) is 0 Å². The molecule has 1 unspecified atom stereocenters. The predicted octanol–water partition coefficient (Wildman–Crippen LogP) is 3.53. The minimum atomic E-state index is -0.645. The van der Waals surface area contributed by atoms with E-state index < -0.39 is 12.1 Å². The summed E-state index contributed by atoms with van der Waals surface area (Å²) in [5.74, 6) is -0.354. The van der Waals surface area contributed by atoms with Crippen molar-refractivity contribution in [3.8, 4) is 5.75 Å². The van der Waals surface area contributed by atoms with Crippen molar-refractivity contribution in [2.45, 2.75) is 20.0 Å². The normalized spacial score (nSPS) is 14.7. The maximum atomic E-state index is 12.3. The summed E-state index contributed by atoms with van der Waals surface area (Å²) in [6, 6.07) is 1.63. The number of ketones is 1. The van der Waals surface area contributed by atoms with Crippen LogP contribution in [0.3, 0.4) is 0 Å². The molecular weight excluding hydrogens is 303 g/mol. The topological polar surface area (TPSA) is 52.6 Å². The molecule has 0 bridgehead atoms. The van der Waals surface area contributed by atoms with Gasteiger partial charge in [-0.1, -0.05) is 23.2 Å². The molecule has 1 aliphatic carbocycles. The first-order valence-corrected chi connectivity index (χ1v) is 6.62. The van der Waals surface area contributed by atoms with Crippen molar-refractivity contribution in [2.75, 3.05) is 7.11 Å². The molecule has 1 aromatic rings. The van der Waals surface area contributed by atoms with E-state index in [1.807, 2.05) is 0 Å². The number of methoxy groups -OCH3 is 1. The molecule has 6 heteroatoms. The van der Waals surface area contributed by atoms with Gasteiger partial charge in [0.05, 0.1) is 12.1 Å². The predicted molar refractivity (Wildman–Crippen MR) is 76.5 cm³/mol. The van der Waals surface area contributed by atoms with Gasteiger partial charge in [0, 0.05) is 18.1 Å². The van der Waals surface area contributed by atoms with E-state index in [1.165, 1.54) is 14.0 Å². The molecule has 1 aromatic carbocycles. The Morgan fingerprint density at radius 2 is 1.95 bits per heavy atom. The molecule has 0 N–H and O–H groups in total. The highest BCUT2D eigenvalue weighted by Crippen LogP contribution is 2.42. The summed E-state index contributed by atoms with van der Waals surface area (Å²) in [7, 11) is 1.47. The first-order valence-electron chi connectivity index (χ1n) is 5.86. The summed E-state index contributed by atoms with van der Waals surface area (Å²) in [5, 5.41) is 0.336. The number of halogens is 2. The number of carbonyl (C=O) groups excluding carboxylic acids is 2. The third-order valence-corrected chi connectivity index (χ3v) is 3.85. The van der Waals surface area contributed by atoms with Crippen LogP contribution in [0.2, 0.25) is 10.0 Å². The Kier molecular flexibility index (Phi) is 4.06. The van der Waals surface area contributed by atoms with Crippen molar-refractivity contribution in [1.82, 2.24) is 0 Å². The van der Waals surface area contributed by atoms with Crippen LogP contribution in [0.1, 0.15) is 29.8 Å². The fourth-order valence-electron chi connectivity index (χ4n) is 2.11. The Bertz CT molecular complexity index is 635. The SMILES string of the molecule is COc1cc2c(c(Cl)c1Cl)C(=O)C(C(C)OC(C)=O)=C2. The van der Waals surface area contributed by atoms with Gasteiger partial charge in [0.15, 0.2) is 5.78 Å². The van der Waals surface area contributed by atoms with Crippen LogP contribution in [0.15, 0.2) is 11.6 Å². The summed E-state index contributed by atoms with van der Waals surface area (Å²) < 4.78 is 10.1. The zero-order chi connectivity index (χ0) is 15.0. The van der Waals surface area contributed by atoms with E-state index >= 15 is 0 Å². The Morgan fingerprint density at radius 1 is 1.30 bits per heavy atom. The summed E-state index contributed by atoms with van der Waals surface area (Å²) >= 11 is 12.2. The molecule has 0 fully saturated rings. The average Bonchev–Trinajstić information content (AvgIpc) is 2.70. The highest BCUT2D eigenvalue weighted by molar-refractivity contribution is 6.46. The highest BCUT2D eigenvalue weighted by Gasteiger charge is 2.32. The van der Waals surface area contributed by atoms with Crippen LogP contribution in [0.5, 0.6) is 5.75 Å². The average molecular weight is 315 g/mol. The maximum absolute atomic E-state index is 12.3. The van der Waals surface area contributed by atoms with Gasteiger partial charge in [-0.05, 0) is 24.6 Å². The highest BCUT2D eigenvalue weighted by atomic mass is 35.5. The number of carbonyl (C=O) groups is 2. The first-order chi connectivity index (χ1) is 9.36. The monoisotopic (exact) mass is 314 g/mol. The van der Waals surface area contributed by atoms with Gasteiger partial charge in [-0.25, -0.2) is 0 Å². The smallest absolute Gasteiger partial charge is 0.303 e. The molecule has 0 aliphatic heterocycles. The number of fused-ring (bicyclic) bond motifs is 1. The summed E-state index contributed by atoms with van der Waals surface area (Å²) in [6.07, 6.45) is 0.990. The standard InChI is InChI=1S/C14H12Cl2O4/c1-6(20-7(2)17)9-4-8-5-10(19-3)12(15)13(16)11(8)14(9)18/h4-6H,1-3H3. The Morgan fingerprint density at radius 3 is 2.50 bits per heavy atom. The van der Waals surface area contributed by atoms with Gasteiger partial charge < -0.3 is 9.47 Å². The lowest BCUT2D eigenvalue weighted by Gasteiger charge is -2.12.